The summed E-state index contributed by atoms with van der Waals surface area (Å²) in [6.07, 6.45) is 0.846. The Morgan fingerprint density at radius 3 is 2.33 bits per heavy atom. The van der Waals surface area contributed by atoms with E-state index in [1.807, 2.05) is 26.0 Å². The standard InChI is InChI=1S/C14H21NO2S/c1-5-15(6-2)18(16,17)13-9-7-8-12-11(13)10-14(12,3)4/h7-9H,5-6,10H2,1-4H3. The Morgan fingerprint density at radius 1 is 1.22 bits per heavy atom. The predicted molar refractivity (Wildman–Crippen MR) is 73.3 cm³/mol. The molecule has 3 nitrogen and oxygen atoms in total. The molecule has 0 aromatic heterocycles. The van der Waals surface area contributed by atoms with E-state index in [9.17, 15) is 8.42 Å². The first-order chi connectivity index (χ1) is 8.34. The molecule has 0 saturated heterocycles. The molecule has 0 radical (unpaired) electrons. The maximum atomic E-state index is 12.5. The minimum atomic E-state index is -3.32. The third-order valence-corrected chi connectivity index (χ3v) is 5.94. The van der Waals surface area contributed by atoms with Crippen LogP contribution < -0.4 is 0 Å². The number of hydrogen-bond acceptors (Lipinski definition) is 2. The van der Waals surface area contributed by atoms with Crippen molar-refractivity contribution in [3.63, 3.8) is 0 Å². The van der Waals surface area contributed by atoms with E-state index in [0.717, 1.165) is 12.0 Å². The summed E-state index contributed by atoms with van der Waals surface area (Å²) >= 11 is 0. The molecular weight excluding hydrogens is 246 g/mol. The molecule has 0 bridgehead atoms. The third-order valence-electron chi connectivity index (χ3n) is 3.80. The summed E-state index contributed by atoms with van der Waals surface area (Å²) < 4.78 is 26.6. The summed E-state index contributed by atoms with van der Waals surface area (Å²) in [6.45, 7) is 9.10. The zero-order valence-electron chi connectivity index (χ0n) is 11.5. The first-order valence-electron chi connectivity index (χ1n) is 6.47. The third kappa shape index (κ3) is 1.88. The van der Waals surface area contributed by atoms with Crippen LogP contribution in [0, 0.1) is 0 Å². The van der Waals surface area contributed by atoms with Crippen molar-refractivity contribution in [3.05, 3.63) is 29.3 Å². The van der Waals surface area contributed by atoms with Gasteiger partial charge in [0.05, 0.1) is 4.90 Å². The zero-order chi connectivity index (χ0) is 13.6. The second kappa shape index (κ2) is 4.35. The number of nitrogens with zero attached hydrogens (tertiary/aromatic N) is 1. The maximum Gasteiger partial charge on any atom is 0.243 e. The fourth-order valence-corrected chi connectivity index (χ4v) is 4.46. The lowest BCUT2D eigenvalue weighted by Gasteiger charge is -2.39. The summed E-state index contributed by atoms with van der Waals surface area (Å²) in [5.41, 5.74) is 2.30. The normalized spacial score (nSPS) is 17.4. The zero-order valence-corrected chi connectivity index (χ0v) is 12.3. The summed E-state index contributed by atoms with van der Waals surface area (Å²) in [6, 6.07) is 5.64. The van der Waals surface area contributed by atoms with Gasteiger partial charge in [0, 0.05) is 13.1 Å². The van der Waals surface area contributed by atoms with Crippen LogP contribution in [0.2, 0.25) is 0 Å². The van der Waals surface area contributed by atoms with Crippen molar-refractivity contribution in [3.8, 4) is 0 Å². The molecular formula is C14H21NO2S. The van der Waals surface area contributed by atoms with Crippen LogP contribution >= 0.6 is 0 Å². The quantitative estimate of drug-likeness (QED) is 0.840. The number of benzene rings is 1. The fraction of sp³-hybridized carbons (Fsp3) is 0.571. The molecule has 0 heterocycles. The van der Waals surface area contributed by atoms with Crippen molar-refractivity contribution in [2.24, 2.45) is 0 Å². The van der Waals surface area contributed by atoms with Gasteiger partial charge >= 0.3 is 0 Å². The van der Waals surface area contributed by atoms with Gasteiger partial charge in [0.2, 0.25) is 10.0 Å². The van der Waals surface area contributed by atoms with E-state index in [1.165, 1.54) is 9.87 Å². The number of rotatable bonds is 4. The topological polar surface area (TPSA) is 37.4 Å². The van der Waals surface area contributed by atoms with Gasteiger partial charge in [-0.1, -0.05) is 39.8 Å². The van der Waals surface area contributed by atoms with Crippen LogP contribution in [0.1, 0.15) is 38.8 Å². The molecule has 18 heavy (non-hydrogen) atoms. The van der Waals surface area contributed by atoms with Crippen molar-refractivity contribution in [1.29, 1.82) is 0 Å². The average molecular weight is 267 g/mol. The van der Waals surface area contributed by atoms with Crippen LogP contribution in [-0.2, 0) is 21.9 Å². The average Bonchev–Trinajstić information content (AvgIpc) is 2.28. The van der Waals surface area contributed by atoms with Gasteiger partial charge < -0.3 is 0 Å². The smallest absolute Gasteiger partial charge is 0.207 e. The predicted octanol–water partition coefficient (Wildman–Crippen LogP) is 2.55. The van der Waals surface area contributed by atoms with Crippen molar-refractivity contribution in [1.82, 2.24) is 4.31 Å². The van der Waals surface area contributed by atoms with Gasteiger partial charge in [0.1, 0.15) is 0 Å². The van der Waals surface area contributed by atoms with Crippen LogP contribution in [0.3, 0.4) is 0 Å². The van der Waals surface area contributed by atoms with Crippen molar-refractivity contribution < 1.29 is 8.42 Å². The Balaban J connectivity index is 2.52. The minimum absolute atomic E-state index is 0.115. The molecule has 2 rings (SSSR count). The van der Waals surface area contributed by atoms with Crippen LogP contribution in [0.15, 0.2) is 23.1 Å². The van der Waals surface area contributed by atoms with Crippen LogP contribution in [-0.4, -0.2) is 25.8 Å². The highest BCUT2D eigenvalue weighted by Gasteiger charge is 2.39. The lowest BCUT2D eigenvalue weighted by atomic mass is 9.67. The highest BCUT2D eigenvalue weighted by Crippen LogP contribution is 2.43. The first kappa shape index (κ1) is 13.6. The molecule has 0 saturated carbocycles. The summed E-state index contributed by atoms with van der Waals surface area (Å²) in [5.74, 6) is 0. The molecule has 1 aliphatic carbocycles. The van der Waals surface area contributed by atoms with Gasteiger partial charge in [-0.05, 0) is 29.0 Å². The van der Waals surface area contributed by atoms with E-state index in [4.69, 9.17) is 0 Å². The van der Waals surface area contributed by atoms with E-state index < -0.39 is 10.0 Å². The lowest BCUT2D eigenvalue weighted by molar-refractivity contribution is 0.427. The second-order valence-corrected chi connectivity index (χ2v) is 7.34. The number of fused-ring (bicyclic) bond motifs is 1. The highest BCUT2D eigenvalue weighted by atomic mass is 32.2. The molecule has 100 valence electrons. The molecule has 1 aromatic rings. The SMILES string of the molecule is CCN(CC)S(=O)(=O)c1cccc2c1CC2(C)C. The molecule has 0 fully saturated rings. The second-order valence-electron chi connectivity index (χ2n) is 5.43. The molecule has 0 atom stereocenters. The molecule has 0 unspecified atom stereocenters. The molecule has 0 aliphatic heterocycles. The highest BCUT2D eigenvalue weighted by molar-refractivity contribution is 7.89. The first-order valence-corrected chi connectivity index (χ1v) is 7.91. The Morgan fingerprint density at radius 2 is 1.83 bits per heavy atom. The van der Waals surface area contributed by atoms with E-state index >= 15 is 0 Å². The van der Waals surface area contributed by atoms with Crippen LogP contribution in [0.5, 0.6) is 0 Å². The van der Waals surface area contributed by atoms with E-state index in [0.29, 0.717) is 18.0 Å². The van der Waals surface area contributed by atoms with Gasteiger partial charge in [-0.25, -0.2) is 8.42 Å². The van der Waals surface area contributed by atoms with Crippen LogP contribution in [0.25, 0.3) is 0 Å². The molecule has 0 spiro atoms. The summed E-state index contributed by atoms with van der Waals surface area (Å²) in [5, 5.41) is 0. The van der Waals surface area contributed by atoms with Crippen molar-refractivity contribution >= 4 is 10.0 Å². The Kier molecular flexibility index (Phi) is 3.28. The van der Waals surface area contributed by atoms with Crippen molar-refractivity contribution in [2.75, 3.05) is 13.1 Å². The van der Waals surface area contributed by atoms with Crippen LogP contribution in [0.4, 0.5) is 0 Å². The lowest BCUT2D eigenvalue weighted by Crippen LogP contribution is -2.37. The van der Waals surface area contributed by atoms with Gasteiger partial charge in [0.15, 0.2) is 0 Å². The monoisotopic (exact) mass is 267 g/mol. The van der Waals surface area contributed by atoms with Crippen molar-refractivity contribution in [2.45, 2.75) is 44.4 Å². The van der Waals surface area contributed by atoms with Gasteiger partial charge in [-0.3, -0.25) is 0 Å². The Hall–Kier alpha value is -0.870. The maximum absolute atomic E-state index is 12.5. The summed E-state index contributed by atoms with van der Waals surface area (Å²) in [7, 11) is -3.32. The fourth-order valence-electron chi connectivity index (χ4n) is 2.76. The molecule has 4 heteroatoms. The molecule has 1 aliphatic rings. The van der Waals surface area contributed by atoms with E-state index in [2.05, 4.69) is 13.8 Å². The minimum Gasteiger partial charge on any atom is -0.207 e. The number of sulfonamides is 1. The Labute approximate surface area is 110 Å². The number of hydrogen-bond donors (Lipinski definition) is 0. The van der Waals surface area contributed by atoms with Gasteiger partial charge in [-0.15, -0.1) is 0 Å². The van der Waals surface area contributed by atoms with Gasteiger partial charge in [-0.2, -0.15) is 4.31 Å². The summed E-state index contributed by atoms with van der Waals surface area (Å²) in [4.78, 5) is 0.503. The molecule has 0 amide bonds. The Bertz CT molecular complexity index is 557. The van der Waals surface area contributed by atoms with E-state index in [1.54, 1.807) is 6.07 Å². The largest absolute Gasteiger partial charge is 0.243 e. The van der Waals surface area contributed by atoms with Gasteiger partial charge in [0.25, 0.3) is 0 Å². The molecule has 1 aromatic carbocycles. The molecule has 0 N–H and O–H groups in total. The van der Waals surface area contributed by atoms with E-state index in [-0.39, 0.29) is 5.41 Å².